The van der Waals surface area contributed by atoms with Gasteiger partial charge in [-0.1, -0.05) is 11.6 Å². The number of nitrogens with one attached hydrogen (secondary N) is 1. The van der Waals surface area contributed by atoms with Crippen molar-refractivity contribution in [2.75, 3.05) is 50.5 Å². The minimum Gasteiger partial charge on any atom is -0.375 e. The summed E-state index contributed by atoms with van der Waals surface area (Å²) in [5.74, 6) is -3.66. The first kappa shape index (κ1) is 24.6. The number of pyridine rings is 1. The lowest BCUT2D eigenvalue weighted by molar-refractivity contribution is -0.0100. The molecule has 0 unspecified atom stereocenters. The number of sulfonamides is 1. The summed E-state index contributed by atoms with van der Waals surface area (Å²) < 4.78 is 76.3. The standard InChI is InChI=1S/C20H24ClF3N4O3S/c1-12-7-16(25-9-14(12)23)26-32(29,30)19-13(22)8-15(17(21)18(19)24)28-6-5-20(11-28,31-4)10-27(2)3/h7-9H,5-6,10-11H2,1-4H3,(H,25,26)/t20-/m0/s1. The average Bonchev–Trinajstić information content (AvgIpc) is 3.11. The third-order valence-electron chi connectivity index (χ3n) is 5.35. The third-order valence-corrected chi connectivity index (χ3v) is 7.10. The van der Waals surface area contributed by atoms with Gasteiger partial charge >= 0.3 is 0 Å². The maximum Gasteiger partial charge on any atom is 0.268 e. The quantitative estimate of drug-likeness (QED) is 0.597. The molecule has 1 fully saturated rings. The number of aromatic nitrogens is 1. The predicted octanol–water partition coefficient (Wildman–Crippen LogP) is 3.42. The molecule has 1 N–H and O–H groups in total. The largest absolute Gasteiger partial charge is 0.375 e. The number of hydrogen-bond acceptors (Lipinski definition) is 6. The molecule has 0 saturated carbocycles. The summed E-state index contributed by atoms with van der Waals surface area (Å²) in [6, 6.07) is 2.00. The SMILES string of the molecule is CO[C@]1(CN(C)C)CCN(c2cc(F)c(S(=O)(=O)Nc3cc(C)c(F)cn3)c(F)c2Cl)C1. The maximum absolute atomic E-state index is 15.1. The molecule has 2 heterocycles. The van der Waals surface area contributed by atoms with Gasteiger partial charge < -0.3 is 14.5 Å². The lowest BCUT2D eigenvalue weighted by atomic mass is 10.0. The summed E-state index contributed by atoms with van der Waals surface area (Å²) in [6.45, 7) is 2.73. The molecule has 0 radical (unpaired) electrons. The summed E-state index contributed by atoms with van der Waals surface area (Å²) in [4.78, 5) is 5.97. The van der Waals surface area contributed by atoms with E-state index in [1.807, 2.05) is 23.7 Å². The normalized spacial score (nSPS) is 19.1. The zero-order valence-corrected chi connectivity index (χ0v) is 19.6. The number of ether oxygens (including phenoxy) is 1. The second kappa shape index (κ2) is 9.05. The van der Waals surface area contributed by atoms with Gasteiger partial charge in [0.25, 0.3) is 10.0 Å². The van der Waals surface area contributed by atoms with E-state index in [9.17, 15) is 17.2 Å². The molecule has 3 rings (SSSR count). The van der Waals surface area contributed by atoms with Crippen molar-refractivity contribution in [3.63, 3.8) is 0 Å². The predicted molar refractivity (Wildman–Crippen MR) is 116 cm³/mol. The van der Waals surface area contributed by atoms with Crippen molar-refractivity contribution in [3.05, 3.63) is 46.4 Å². The Kier molecular flexibility index (Phi) is 6.94. The number of halogens is 4. The van der Waals surface area contributed by atoms with Crippen LogP contribution in [0, 0.1) is 24.4 Å². The summed E-state index contributed by atoms with van der Waals surface area (Å²) in [6.07, 6.45) is 1.40. The highest BCUT2D eigenvalue weighted by molar-refractivity contribution is 7.92. The molecule has 1 aromatic carbocycles. The van der Waals surface area contributed by atoms with Gasteiger partial charge in [0.1, 0.15) is 22.5 Å². The molecule has 1 atom stereocenters. The van der Waals surface area contributed by atoms with Gasteiger partial charge in [-0.3, -0.25) is 4.72 Å². The molecule has 2 aromatic rings. The topological polar surface area (TPSA) is 74.8 Å². The van der Waals surface area contributed by atoms with Gasteiger partial charge in [0.2, 0.25) is 0 Å². The number of hydrogen-bond donors (Lipinski definition) is 1. The van der Waals surface area contributed by atoms with E-state index in [0.29, 0.717) is 26.1 Å². The molecule has 0 aliphatic carbocycles. The van der Waals surface area contributed by atoms with Gasteiger partial charge in [0.15, 0.2) is 10.7 Å². The van der Waals surface area contributed by atoms with Crippen LogP contribution in [-0.2, 0) is 14.8 Å². The molecule has 1 aliphatic rings. The van der Waals surface area contributed by atoms with Crippen molar-refractivity contribution in [3.8, 4) is 0 Å². The van der Waals surface area contributed by atoms with E-state index in [4.69, 9.17) is 16.3 Å². The first-order valence-electron chi connectivity index (χ1n) is 9.66. The van der Waals surface area contributed by atoms with Crippen LogP contribution in [0.4, 0.5) is 24.7 Å². The highest BCUT2D eigenvalue weighted by atomic mass is 35.5. The molecular formula is C20H24ClF3N4O3S. The van der Waals surface area contributed by atoms with Crippen molar-refractivity contribution in [1.82, 2.24) is 9.88 Å². The van der Waals surface area contributed by atoms with Crippen LogP contribution in [0.3, 0.4) is 0 Å². The summed E-state index contributed by atoms with van der Waals surface area (Å²) >= 11 is 6.16. The number of nitrogens with zero attached hydrogens (tertiary/aromatic N) is 3. The molecule has 0 amide bonds. The Morgan fingerprint density at radius 3 is 2.56 bits per heavy atom. The highest BCUT2D eigenvalue weighted by Crippen LogP contribution is 2.39. The molecule has 0 bridgehead atoms. The zero-order chi connectivity index (χ0) is 23.8. The molecule has 32 heavy (non-hydrogen) atoms. The molecule has 7 nitrogen and oxygen atoms in total. The van der Waals surface area contributed by atoms with Crippen molar-refractivity contribution in [2.24, 2.45) is 0 Å². The van der Waals surface area contributed by atoms with Crippen LogP contribution in [0.15, 0.2) is 23.2 Å². The first-order valence-corrected chi connectivity index (χ1v) is 11.5. The van der Waals surface area contributed by atoms with Gasteiger partial charge in [0.05, 0.1) is 17.5 Å². The van der Waals surface area contributed by atoms with Gasteiger partial charge in [-0.25, -0.2) is 26.6 Å². The van der Waals surface area contributed by atoms with E-state index in [1.165, 1.54) is 6.92 Å². The van der Waals surface area contributed by atoms with E-state index in [-0.39, 0.29) is 17.1 Å². The molecule has 1 saturated heterocycles. The van der Waals surface area contributed by atoms with Crippen molar-refractivity contribution >= 4 is 33.1 Å². The van der Waals surface area contributed by atoms with E-state index < -0.39 is 43.0 Å². The van der Waals surface area contributed by atoms with E-state index in [0.717, 1.165) is 18.3 Å². The molecule has 1 aliphatic heterocycles. The van der Waals surface area contributed by atoms with Crippen molar-refractivity contribution in [1.29, 1.82) is 0 Å². The Balaban J connectivity index is 1.94. The molecule has 12 heteroatoms. The Bertz CT molecular complexity index is 1130. The Hall–Kier alpha value is -2.08. The number of rotatable bonds is 7. The Morgan fingerprint density at radius 2 is 1.97 bits per heavy atom. The zero-order valence-electron chi connectivity index (χ0n) is 18.0. The minimum absolute atomic E-state index is 0.0362. The smallest absolute Gasteiger partial charge is 0.268 e. The van der Waals surface area contributed by atoms with Gasteiger partial charge in [-0.15, -0.1) is 0 Å². The van der Waals surface area contributed by atoms with Crippen molar-refractivity contribution in [2.45, 2.75) is 23.8 Å². The second-order valence-electron chi connectivity index (χ2n) is 8.06. The molecule has 176 valence electrons. The lowest BCUT2D eigenvalue weighted by Crippen LogP contribution is -2.44. The van der Waals surface area contributed by atoms with E-state index in [1.54, 1.807) is 12.0 Å². The van der Waals surface area contributed by atoms with Gasteiger partial charge in [0, 0.05) is 32.8 Å². The fraction of sp³-hybridized carbons (Fsp3) is 0.450. The van der Waals surface area contributed by atoms with Gasteiger partial charge in [-0.05, 0) is 39.1 Å². The Morgan fingerprint density at radius 1 is 1.28 bits per heavy atom. The summed E-state index contributed by atoms with van der Waals surface area (Å²) in [7, 11) is 0.620. The maximum atomic E-state index is 15.1. The Labute approximate surface area is 190 Å². The summed E-state index contributed by atoms with van der Waals surface area (Å²) in [5.41, 5.74) is -0.410. The van der Waals surface area contributed by atoms with Crippen LogP contribution >= 0.6 is 11.6 Å². The highest BCUT2D eigenvalue weighted by Gasteiger charge is 2.40. The molecular weight excluding hydrogens is 469 g/mol. The number of anilines is 2. The summed E-state index contributed by atoms with van der Waals surface area (Å²) in [5, 5.41) is -0.522. The lowest BCUT2D eigenvalue weighted by Gasteiger charge is -2.31. The van der Waals surface area contributed by atoms with Crippen LogP contribution in [0.2, 0.25) is 5.02 Å². The minimum atomic E-state index is -4.73. The second-order valence-corrected chi connectivity index (χ2v) is 10.1. The first-order chi connectivity index (χ1) is 14.9. The van der Waals surface area contributed by atoms with Gasteiger partial charge in [-0.2, -0.15) is 0 Å². The van der Waals surface area contributed by atoms with Crippen LogP contribution in [0.1, 0.15) is 12.0 Å². The van der Waals surface area contributed by atoms with Crippen molar-refractivity contribution < 1.29 is 26.3 Å². The third kappa shape index (κ3) is 4.80. The average molecular weight is 493 g/mol. The van der Waals surface area contributed by atoms with Crippen LogP contribution in [0.5, 0.6) is 0 Å². The van der Waals surface area contributed by atoms with E-state index in [2.05, 4.69) is 4.98 Å². The molecule has 0 spiro atoms. The van der Waals surface area contributed by atoms with Crippen LogP contribution < -0.4 is 9.62 Å². The van der Waals surface area contributed by atoms with Crippen LogP contribution in [-0.4, -0.2) is 64.7 Å². The van der Waals surface area contributed by atoms with Crippen LogP contribution in [0.25, 0.3) is 0 Å². The number of benzene rings is 1. The number of methoxy groups -OCH3 is 1. The van der Waals surface area contributed by atoms with E-state index >= 15 is 4.39 Å². The monoisotopic (exact) mass is 492 g/mol. The molecule has 1 aromatic heterocycles. The fourth-order valence-corrected chi connectivity index (χ4v) is 5.28. The fourth-order valence-electron chi connectivity index (χ4n) is 3.81. The number of likely N-dealkylation sites (N-methyl/N-ethyl adjacent to an activating group) is 1. The number of aryl methyl sites for hydroxylation is 1.